The predicted octanol–water partition coefficient (Wildman–Crippen LogP) is 1.77. The summed E-state index contributed by atoms with van der Waals surface area (Å²) in [6.45, 7) is 5.27. The fraction of sp³-hybridized carbons (Fsp3) is 0.583. The molecule has 1 aromatic rings. The highest BCUT2D eigenvalue weighted by molar-refractivity contribution is 7.10. The summed E-state index contributed by atoms with van der Waals surface area (Å²) in [4.78, 5) is 15.0. The fourth-order valence-electron chi connectivity index (χ4n) is 1.95. The van der Waals surface area contributed by atoms with Gasteiger partial charge in [0.2, 0.25) is 5.91 Å². The van der Waals surface area contributed by atoms with Gasteiger partial charge >= 0.3 is 0 Å². The van der Waals surface area contributed by atoms with Crippen LogP contribution in [0.25, 0.3) is 0 Å². The quantitative estimate of drug-likeness (QED) is 0.867. The molecule has 4 heteroatoms. The second kappa shape index (κ2) is 5.46. The number of likely N-dealkylation sites (tertiary alicyclic amines) is 1. The topological polar surface area (TPSA) is 32.3 Å². The monoisotopic (exact) mass is 238 g/mol. The van der Waals surface area contributed by atoms with Gasteiger partial charge in [-0.25, -0.2) is 0 Å². The molecule has 1 amide bonds. The molecule has 0 spiro atoms. The van der Waals surface area contributed by atoms with Crippen LogP contribution < -0.4 is 5.32 Å². The first-order chi connectivity index (χ1) is 7.77. The normalized spacial score (nSPS) is 15.7. The molecule has 1 saturated heterocycles. The van der Waals surface area contributed by atoms with Crippen LogP contribution in [0, 0.1) is 6.92 Å². The van der Waals surface area contributed by atoms with Gasteiger partial charge in [0.1, 0.15) is 0 Å². The summed E-state index contributed by atoms with van der Waals surface area (Å²) < 4.78 is 0. The Morgan fingerprint density at radius 2 is 2.25 bits per heavy atom. The minimum atomic E-state index is 0.242. The SMILES string of the molecule is Cc1ccsc1CNCC(=O)N1CCCC1. The van der Waals surface area contributed by atoms with Crippen molar-refractivity contribution in [3.05, 3.63) is 21.9 Å². The number of carbonyl (C=O) groups is 1. The molecule has 0 atom stereocenters. The molecule has 16 heavy (non-hydrogen) atoms. The molecule has 1 fully saturated rings. The predicted molar refractivity (Wildman–Crippen MR) is 66.6 cm³/mol. The minimum Gasteiger partial charge on any atom is -0.342 e. The van der Waals surface area contributed by atoms with Crippen LogP contribution >= 0.6 is 11.3 Å². The maximum absolute atomic E-state index is 11.7. The molecule has 0 saturated carbocycles. The molecule has 0 bridgehead atoms. The molecule has 1 aliphatic rings. The van der Waals surface area contributed by atoms with Gasteiger partial charge in [0.25, 0.3) is 0 Å². The first kappa shape index (κ1) is 11.6. The van der Waals surface area contributed by atoms with Crippen molar-refractivity contribution >= 4 is 17.2 Å². The van der Waals surface area contributed by atoms with E-state index >= 15 is 0 Å². The molecular weight excluding hydrogens is 220 g/mol. The largest absolute Gasteiger partial charge is 0.342 e. The Labute approximate surface area is 100 Å². The number of nitrogens with one attached hydrogen (secondary N) is 1. The van der Waals surface area contributed by atoms with Gasteiger partial charge in [-0.3, -0.25) is 4.79 Å². The van der Waals surface area contributed by atoms with Gasteiger partial charge < -0.3 is 10.2 Å². The summed E-state index contributed by atoms with van der Waals surface area (Å²) in [6.07, 6.45) is 2.32. The Bertz CT molecular complexity index is 356. The van der Waals surface area contributed by atoms with Crippen molar-refractivity contribution in [1.82, 2.24) is 10.2 Å². The van der Waals surface area contributed by atoms with E-state index in [1.807, 2.05) is 4.90 Å². The maximum Gasteiger partial charge on any atom is 0.236 e. The number of nitrogens with zero attached hydrogens (tertiary/aromatic N) is 1. The van der Waals surface area contributed by atoms with Gasteiger partial charge in [0.15, 0.2) is 0 Å². The van der Waals surface area contributed by atoms with Gasteiger partial charge in [0, 0.05) is 24.5 Å². The van der Waals surface area contributed by atoms with E-state index in [1.165, 1.54) is 10.4 Å². The highest BCUT2D eigenvalue weighted by Crippen LogP contribution is 2.14. The molecule has 2 heterocycles. The number of thiophene rings is 1. The molecule has 1 aromatic heterocycles. The first-order valence-corrected chi connectivity index (χ1v) is 6.67. The van der Waals surface area contributed by atoms with Crippen LogP contribution in [0.4, 0.5) is 0 Å². The molecule has 2 rings (SSSR count). The summed E-state index contributed by atoms with van der Waals surface area (Å²) in [5.74, 6) is 0.242. The number of amides is 1. The maximum atomic E-state index is 11.7. The highest BCUT2D eigenvalue weighted by atomic mass is 32.1. The lowest BCUT2D eigenvalue weighted by molar-refractivity contribution is -0.129. The van der Waals surface area contributed by atoms with Gasteiger partial charge in [0.05, 0.1) is 6.54 Å². The van der Waals surface area contributed by atoms with Crippen LogP contribution in [0.2, 0.25) is 0 Å². The Morgan fingerprint density at radius 1 is 1.50 bits per heavy atom. The summed E-state index contributed by atoms with van der Waals surface area (Å²) in [5, 5.41) is 5.32. The second-order valence-corrected chi connectivity index (χ2v) is 5.22. The molecule has 0 aromatic carbocycles. The molecule has 0 aliphatic carbocycles. The summed E-state index contributed by atoms with van der Waals surface area (Å²) in [5.41, 5.74) is 1.31. The van der Waals surface area contributed by atoms with E-state index in [1.54, 1.807) is 11.3 Å². The zero-order chi connectivity index (χ0) is 11.4. The van der Waals surface area contributed by atoms with Crippen molar-refractivity contribution in [2.75, 3.05) is 19.6 Å². The third kappa shape index (κ3) is 2.83. The first-order valence-electron chi connectivity index (χ1n) is 5.79. The third-order valence-electron chi connectivity index (χ3n) is 2.99. The van der Waals surface area contributed by atoms with Crippen molar-refractivity contribution < 1.29 is 4.79 Å². The van der Waals surface area contributed by atoms with E-state index in [-0.39, 0.29) is 5.91 Å². The number of aryl methyl sites for hydroxylation is 1. The van der Waals surface area contributed by atoms with Crippen LogP contribution in [-0.4, -0.2) is 30.4 Å². The van der Waals surface area contributed by atoms with Crippen LogP contribution in [-0.2, 0) is 11.3 Å². The Hall–Kier alpha value is -0.870. The third-order valence-corrected chi connectivity index (χ3v) is 4.01. The Balaban J connectivity index is 1.71. The fourth-order valence-corrected chi connectivity index (χ4v) is 2.82. The average molecular weight is 238 g/mol. The van der Waals surface area contributed by atoms with E-state index in [4.69, 9.17) is 0 Å². The summed E-state index contributed by atoms with van der Waals surface area (Å²) >= 11 is 1.75. The lowest BCUT2D eigenvalue weighted by atomic mass is 10.3. The van der Waals surface area contributed by atoms with Crippen molar-refractivity contribution in [2.45, 2.75) is 26.3 Å². The minimum absolute atomic E-state index is 0.242. The molecule has 1 aliphatic heterocycles. The van der Waals surface area contributed by atoms with Gasteiger partial charge in [-0.1, -0.05) is 0 Å². The molecule has 0 radical (unpaired) electrons. The van der Waals surface area contributed by atoms with Gasteiger partial charge in [-0.15, -0.1) is 11.3 Å². The van der Waals surface area contributed by atoms with Crippen LogP contribution in [0.1, 0.15) is 23.3 Å². The van der Waals surface area contributed by atoms with E-state index in [9.17, 15) is 4.79 Å². The summed E-state index contributed by atoms with van der Waals surface area (Å²) in [6, 6.07) is 2.12. The Kier molecular flexibility index (Phi) is 3.96. The number of carbonyl (C=O) groups excluding carboxylic acids is 1. The summed E-state index contributed by atoms with van der Waals surface area (Å²) in [7, 11) is 0. The standard InChI is InChI=1S/C12H18N2OS/c1-10-4-7-16-11(10)8-13-9-12(15)14-5-2-3-6-14/h4,7,13H,2-3,5-6,8-9H2,1H3. The number of rotatable bonds is 4. The van der Waals surface area contributed by atoms with E-state index in [0.29, 0.717) is 6.54 Å². The smallest absolute Gasteiger partial charge is 0.236 e. The van der Waals surface area contributed by atoms with Crippen molar-refractivity contribution in [3.8, 4) is 0 Å². The van der Waals surface area contributed by atoms with E-state index < -0.39 is 0 Å². The Morgan fingerprint density at radius 3 is 2.88 bits per heavy atom. The van der Waals surface area contributed by atoms with E-state index in [0.717, 1.165) is 32.5 Å². The average Bonchev–Trinajstić information content (AvgIpc) is 2.90. The molecule has 1 N–H and O–H groups in total. The molecule has 3 nitrogen and oxygen atoms in total. The zero-order valence-corrected chi connectivity index (χ0v) is 10.5. The van der Waals surface area contributed by atoms with Crippen LogP contribution in [0.15, 0.2) is 11.4 Å². The van der Waals surface area contributed by atoms with Crippen molar-refractivity contribution in [3.63, 3.8) is 0 Å². The highest BCUT2D eigenvalue weighted by Gasteiger charge is 2.16. The number of hydrogen-bond donors (Lipinski definition) is 1. The van der Waals surface area contributed by atoms with Gasteiger partial charge in [-0.05, 0) is 36.8 Å². The van der Waals surface area contributed by atoms with Crippen LogP contribution in [0.5, 0.6) is 0 Å². The lowest BCUT2D eigenvalue weighted by Gasteiger charge is -2.15. The molecular formula is C12H18N2OS. The van der Waals surface area contributed by atoms with Crippen molar-refractivity contribution in [1.29, 1.82) is 0 Å². The zero-order valence-electron chi connectivity index (χ0n) is 9.66. The second-order valence-electron chi connectivity index (χ2n) is 4.22. The van der Waals surface area contributed by atoms with Gasteiger partial charge in [-0.2, -0.15) is 0 Å². The number of hydrogen-bond acceptors (Lipinski definition) is 3. The molecule has 0 unspecified atom stereocenters. The lowest BCUT2D eigenvalue weighted by Crippen LogP contribution is -2.35. The van der Waals surface area contributed by atoms with E-state index in [2.05, 4.69) is 23.7 Å². The van der Waals surface area contributed by atoms with Crippen molar-refractivity contribution in [2.24, 2.45) is 0 Å². The molecule has 88 valence electrons. The van der Waals surface area contributed by atoms with Crippen LogP contribution in [0.3, 0.4) is 0 Å².